The molecule has 0 spiro atoms. The average Bonchev–Trinajstić information content (AvgIpc) is 3.22. The Morgan fingerprint density at radius 1 is 1.17 bits per heavy atom. The zero-order valence-corrected chi connectivity index (χ0v) is 13.7. The second kappa shape index (κ2) is 6.46. The second-order valence-corrected chi connectivity index (χ2v) is 6.46. The lowest BCUT2D eigenvalue weighted by molar-refractivity contribution is -0.00461. The Labute approximate surface area is 139 Å². The van der Waals surface area contributed by atoms with Crippen molar-refractivity contribution in [2.45, 2.75) is 23.4 Å². The number of ether oxygens (including phenoxy) is 2. The molecule has 0 radical (unpaired) electrons. The number of nitrogens with zero attached hydrogens (tertiary/aromatic N) is 5. The van der Waals surface area contributed by atoms with Gasteiger partial charge in [-0.1, -0.05) is 11.8 Å². The van der Waals surface area contributed by atoms with E-state index >= 15 is 0 Å². The van der Waals surface area contributed by atoms with E-state index in [9.17, 15) is 0 Å². The molecule has 8 heteroatoms. The van der Waals surface area contributed by atoms with Crippen LogP contribution in [0.3, 0.4) is 0 Å². The molecule has 4 heterocycles. The first-order valence-electron chi connectivity index (χ1n) is 7.68. The Bertz CT molecular complexity index is 637. The van der Waals surface area contributed by atoms with Crippen molar-refractivity contribution in [2.75, 3.05) is 37.5 Å². The first-order valence-corrected chi connectivity index (χ1v) is 8.90. The van der Waals surface area contributed by atoms with Gasteiger partial charge in [0.15, 0.2) is 5.16 Å². The highest BCUT2D eigenvalue weighted by Crippen LogP contribution is 2.27. The lowest BCUT2D eigenvalue weighted by atomic mass is 10.3. The molecule has 2 aromatic rings. The average molecular weight is 333 g/mol. The maximum Gasteiger partial charge on any atom is 0.189 e. The molecular weight excluding hydrogens is 314 g/mol. The Morgan fingerprint density at radius 3 is 2.61 bits per heavy atom. The maximum absolute atomic E-state index is 6.10. The molecule has 0 aromatic carbocycles. The van der Waals surface area contributed by atoms with Crippen molar-refractivity contribution in [1.29, 1.82) is 0 Å². The van der Waals surface area contributed by atoms with Crippen molar-refractivity contribution >= 4 is 17.6 Å². The highest BCUT2D eigenvalue weighted by atomic mass is 32.2. The smallest absolute Gasteiger partial charge is 0.189 e. The Balaban J connectivity index is 1.43. The Kier molecular flexibility index (Phi) is 4.19. The van der Waals surface area contributed by atoms with E-state index in [4.69, 9.17) is 9.47 Å². The zero-order valence-electron chi connectivity index (χ0n) is 12.9. The SMILES string of the molecule is CSc1nccc(N2C[C@@H]3OCC(n4cccn4)CO[C@H]3C2)n1. The van der Waals surface area contributed by atoms with E-state index < -0.39 is 0 Å². The van der Waals surface area contributed by atoms with E-state index in [0.717, 1.165) is 24.1 Å². The highest BCUT2D eigenvalue weighted by molar-refractivity contribution is 7.98. The van der Waals surface area contributed by atoms with Crippen LogP contribution in [0.25, 0.3) is 0 Å². The molecule has 0 amide bonds. The van der Waals surface area contributed by atoms with E-state index in [2.05, 4.69) is 20.0 Å². The summed E-state index contributed by atoms with van der Waals surface area (Å²) in [5, 5.41) is 5.07. The standard InChI is InChI=1S/C15H19N5O2S/c1-23-15-16-5-3-14(18-15)19-7-12-13(8-19)22-10-11(9-21-12)20-6-2-4-17-20/h2-6,11-13H,7-10H2,1H3/t12-,13-/m0/s1. The van der Waals surface area contributed by atoms with Crippen LogP contribution in [0.5, 0.6) is 0 Å². The maximum atomic E-state index is 6.10. The predicted octanol–water partition coefficient (Wildman–Crippen LogP) is 1.24. The van der Waals surface area contributed by atoms with E-state index in [1.54, 1.807) is 24.2 Å². The minimum Gasteiger partial charge on any atom is -0.371 e. The number of thioether (sulfide) groups is 1. The van der Waals surface area contributed by atoms with Gasteiger partial charge in [-0.3, -0.25) is 4.68 Å². The van der Waals surface area contributed by atoms with Crippen molar-refractivity contribution < 1.29 is 9.47 Å². The fourth-order valence-corrected chi connectivity index (χ4v) is 3.38. The van der Waals surface area contributed by atoms with Gasteiger partial charge in [0.05, 0.1) is 19.3 Å². The van der Waals surface area contributed by atoms with Gasteiger partial charge >= 0.3 is 0 Å². The van der Waals surface area contributed by atoms with Crippen LogP contribution >= 0.6 is 11.8 Å². The topological polar surface area (TPSA) is 65.3 Å². The summed E-state index contributed by atoms with van der Waals surface area (Å²) < 4.78 is 14.1. The van der Waals surface area contributed by atoms with Gasteiger partial charge in [-0.15, -0.1) is 0 Å². The largest absolute Gasteiger partial charge is 0.371 e. The van der Waals surface area contributed by atoms with Crippen LogP contribution in [0.2, 0.25) is 0 Å². The van der Waals surface area contributed by atoms with Crippen molar-refractivity contribution in [1.82, 2.24) is 19.7 Å². The number of aromatic nitrogens is 4. The minimum absolute atomic E-state index is 0.0725. The molecule has 23 heavy (non-hydrogen) atoms. The summed E-state index contributed by atoms with van der Waals surface area (Å²) in [5.74, 6) is 0.938. The van der Waals surface area contributed by atoms with Crippen LogP contribution in [0, 0.1) is 0 Å². The molecule has 0 saturated carbocycles. The molecule has 2 atom stereocenters. The third-order valence-electron chi connectivity index (χ3n) is 4.25. The molecule has 2 fully saturated rings. The van der Waals surface area contributed by atoms with Crippen molar-refractivity contribution in [3.8, 4) is 0 Å². The molecule has 2 saturated heterocycles. The van der Waals surface area contributed by atoms with Crippen LogP contribution in [0.1, 0.15) is 6.04 Å². The zero-order chi connectivity index (χ0) is 15.6. The summed E-state index contributed by atoms with van der Waals surface area (Å²) >= 11 is 1.55. The van der Waals surface area contributed by atoms with Crippen LogP contribution in [-0.4, -0.2) is 64.5 Å². The molecule has 0 N–H and O–H groups in total. The van der Waals surface area contributed by atoms with E-state index in [1.165, 1.54) is 0 Å². The van der Waals surface area contributed by atoms with Gasteiger partial charge in [-0.2, -0.15) is 5.10 Å². The monoisotopic (exact) mass is 333 g/mol. The first kappa shape index (κ1) is 14.9. The predicted molar refractivity (Wildman–Crippen MR) is 86.8 cm³/mol. The lowest BCUT2D eigenvalue weighted by Gasteiger charge is -2.19. The Morgan fingerprint density at radius 2 is 1.96 bits per heavy atom. The van der Waals surface area contributed by atoms with Gasteiger partial charge in [-0.25, -0.2) is 9.97 Å². The summed E-state index contributed by atoms with van der Waals surface area (Å²) in [5.41, 5.74) is 0. The van der Waals surface area contributed by atoms with Crippen LogP contribution in [0.4, 0.5) is 5.82 Å². The molecule has 2 aliphatic rings. The second-order valence-electron chi connectivity index (χ2n) is 5.69. The molecule has 0 aliphatic carbocycles. The molecule has 2 aliphatic heterocycles. The summed E-state index contributed by atoms with van der Waals surface area (Å²) in [6.45, 7) is 2.83. The highest BCUT2D eigenvalue weighted by Gasteiger charge is 2.38. The normalized spacial score (nSPS) is 25.3. The number of anilines is 1. The summed E-state index contributed by atoms with van der Waals surface area (Å²) in [4.78, 5) is 11.0. The van der Waals surface area contributed by atoms with E-state index in [0.29, 0.717) is 13.2 Å². The van der Waals surface area contributed by atoms with Crippen LogP contribution in [0.15, 0.2) is 35.9 Å². The van der Waals surface area contributed by atoms with Gasteiger partial charge in [-0.05, 0) is 18.4 Å². The van der Waals surface area contributed by atoms with Crippen LogP contribution in [-0.2, 0) is 9.47 Å². The summed E-state index contributed by atoms with van der Waals surface area (Å²) in [7, 11) is 0. The molecule has 2 aromatic heterocycles. The van der Waals surface area contributed by atoms with Gasteiger partial charge in [0, 0.05) is 31.7 Å². The molecule has 7 nitrogen and oxygen atoms in total. The quantitative estimate of drug-likeness (QED) is 0.618. The van der Waals surface area contributed by atoms with Gasteiger partial charge in [0.2, 0.25) is 0 Å². The molecule has 122 valence electrons. The van der Waals surface area contributed by atoms with Crippen LogP contribution < -0.4 is 4.90 Å². The minimum atomic E-state index is 0.0725. The van der Waals surface area contributed by atoms with E-state index in [1.807, 2.05) is 29.3 Å². The first-order chi connectivity index (χ1) is 11.3. The van der Waals surface area contributed by atoms with E-state index in [-0.39, 0.29) is 18.2 Å². The Hall–Kier alpha value is -1.64. The number of rotatable bonds is 3. The van der Waals surface area contributed by atoms with Crippen molar-refractivity contribution in [2.24, 2.45) is 0 Å². The fraction of sp³-hybridized carbons (Fsp3) is 0.533. The summed E-state index contributed by atoms with van der Waals surface area (Å²) in [6.07, 6.45) is 7.67. The number of fused-ring (bicyclic) bond motifs is 1. The third-order valence-corrected chi connectivity index (χ3v) is 4.81. The van der Waals surface area contributed by atoms with Crippen molar-refractivity contribution in [3.63, 3.8) is 0 Å². The van der Waals surface area contributed by atoms with Gasteiger partial charge in [0.25, 0.3) is 0 Å². The molecule has 0 unspecified atom stereocenters. The lowest BCUT2D eigenvalue weighted by Crippen LogP contribution is -2.27. The fourth-order valence-electron chi connectivity index (χ4n) is 3.02. The van der Waals surface area contributed by atoms with Gasteiger partial charge in [0.1, 0.15) is 18.0 Å². The summed E-state index contributed by atoms with van der Waals surface area (Å²) in [6, 6.07) is 4.01. The van der Waals surface area contributed by atoms with Gasteiger partial charge < -0.3 is 14.4 Å². The number of hydrogen-bond acceptors (Lipinski definition) is 7. The molecule has 4 rings (SSSR count). The molecule has 0 bridgehead atoms. The third kappa shape index (κ3) is 3.06. The van der Waals surface area contributed by atoms with Crippen molar-refractivity contribution in [3.05, 3.63) is 30.7 Å². The number of hydrogen-bond donors (Lipinski definition) is 0. The molecular formula is C15H19N5O2S.